The Balaban J connectivity index is 1.83. The number of phenolic OH excluding ortho intramolecular Hbond substituents is 1. The lowest BCUT2D eigenvalue weighted by molar-refractivity contribution is -0.385. The van der Waals surface area contributed by atoms with E-state index in [9.17, 15) is 24.8 Å². The van der Waals surface area contributed by atoms with E-state index in [0.717, 1.165) is 11.3 Å². The van der Waals surface area contributed by atoms with Crippen LogP contribution in [0.1, 0.15) is 29.7 Å². The van der Waals surface area contributed by atoms with Crippen LogP contribution < -0.4 is 24.4 Å². The van der Waals surface area contributed by atoms with Crippen molar-refractivity contribution in [2.24, 2.45) is 4.99 Å². The number of ether oxygens (including phenoxy) is 3. The molecule has 1 N–H and O–H groups in total. The third-order valence-corrected chi connectivity index (χ3v) is 7.57. The lowest BCUT2D eigenvalue weighted by atomic mass is 9.93. The van der Waals surface area contributed by atoms with E-state index in [1.165, 1.54) is 43.1 Å². The molecule has 12 heteroatoms. The number of aromatic hydroxyl groups is 1. The van der Waals surface area contributed by atoms with Crippen molar-refractivity contribution in [2.75, 3.05) is 20.8 Å². The van der Waals surface area contributed by atoms with Crippen molar-refractivity contribution in [3.8, 4) is 17.2 Å². The zero-order valence-corrected chi connectivity index (χ0v) is 23.6. The summed E-state index contributed by atoms with van der Waals surface area (Å²) in [6.45, 7) is 1.80. The summed E-state index contributed by atoms with van der Waals surface area (Å²) in [5, 5.41) is 21.2. The average molecular weight is 588 g/mol. The molecule has 1 aromatic heterocycles. The Morgan fingerprint density at radius 2 is 1.83 bits per heavy atom. The molecule has 0 radical (unpaired) electrons. The smallest absolute Gasteiger partial charge is 0.338 e. The topological polar surface area (TPSA) is 142 Å². The lowest BCUT2D eigenvalue weighted by Crippen LogP contribution is -2.40. The Morgan fingerprint density at radius 3 is 2.50 bits per heavy atom. The van der Waals surface area contributed by atoms with E-state index < -0.39 is 33.9 Å². The Bertz CT molecular complexity index is 1910. The number of hydrogen-bond acceptors (Lipinski definition) is 10. The van der Waals surface area contributed by atoms with E-state index in [1.807, 2.05) is 30.3 Å². The predicted octanol–water partition coefficient (Wildman–Crippen LogP) is 3.57. The molecule has 3 aromatic carbocycles. The van der Waals surface area contributed by atoms with Crippen molar-refractivity contribution >= 4 is 34.8 Å². The van der Waals surface area contributed by atoms with Crippen LogP contribution in [-0.4, -0.2) is 41.4 Å². The number of aromatic nitrogens is 1. The standard InChI is InChI=1S/C30H25N3O8S/c1-4-41-29(36)25-26(18-8-6-5-7-9-18)31-30-32(27(25)19-11-13-22(39-2)23(16-19)40-3)28(35)24(42-30)15-17-10-12-21(34)20(14-17)33(37)38/h5-16,27,34H,4H2,1-3H3/b24-15-/t27-/m1/s1. The molecular weight excluding hydrogens is 562 g/mol. The molecule has 1 atom stereocenters. The van der Waals surface area contributed by atoms with Gasteiger partial charge in [-0.1, -0.05) is 53.8 Å². The highest BCUT2D eigenvalue weighted by Crippen LogP contribution is 2.38. The van der Waals surface area contributed by atoms with Gasteiger partial charge in [0.15, 0.2) is 22.0 Å². The highest BCUT2D eigenvalue weighted by molar-refractivity contribution is 7.07. The van der Waals surface area contributed by atoms with Crippen LogP contribution in [-0.2, 0) is 9.53 Å². The first-order chi connectivity index (χ1) is 20.3. The molecule has 4 aromatic rings. The summed E-state index contributed by atoms with van der Waals surface area (Å²) in [4.78, 5) is 43.3. The van der Waals surface area contributed by atoms with Gasteiger partial charge in [0.25, 0.3) is 5.56 Å². The van der Waals surface area contributed by atoms with Crippen LogP contribution in [0.15, 0.2) is 82.1 Å². The molecule has 0 amide bonds. The summed E-state index contributed by atoms with van der Waals surface area (Å²) in [6, 6.07) is 17.1. The maximum absolute atomic E-state index is 14.0. The van der Waals surface area contributed by atoms with Gasteiger partial charge in [-0.15, -0.1) is 0 Å². The Labute approximate surface area is 243 Å². The number of nitro benzene ring substituents is 1. The molecule has 0 saturated heterocycles. The van der Waals surface area contributed by atoms with Crippen molar-refractivity contribution in [2.45, 2.75) is 13.0 Å². The van der Waals surface area contributed by atoms with E-state index in [0.29, 0.717) is 38.7 Å². The van der Waals surface area contributed by atoms with E-state index in [2.05, 4.69) is 0 Å². The quantitative estimate of drug-likeness (QED) is 0.187. The number of nitrogens with zero attached hydrogens (tertiary/aromatic N) is 3. The molecule has 0 saturated carbocycles. The second kappa shape index (κ2) is 11.7. The van der Waals surface area contributed by atoms with Crippen LogP contribution in [0.2, 0.25) is 0 Å². The molecule has 0 aliphatic carbocycles. The Hall–Kier alpha value is -5.23. The van der Waals surface area contributed by atoms with Gasteiger partial charge in [0.05, 0.1) is 47.6 Å². The highest BCUT2D eigenvalue weighted by atomic mass is 32.1. The first-order valence-corrected chi connectivity index (χ1v) is 13.6. The molecule has 1 aliphatic rings. The number of benzene rings is 3. The molecule has 11 nitrogen and oxygen atoms in total. The second-order valence-electron chi connectivity index (χ2n) is 9.05. The summed E-state index contributed by atoms with van der Waals surface area (Å²) in [6.07, 6.45) is 1.48. The third-order valence-electron chi connectivity index (χ3n) is 6.59. The largest absolute Gasteiger partial charge is 0.502 e. The molecule has 0 unspecified atom stereocenters. The second-order valence-corrected chi connectivity index (χ2v) is 10.1. The van der Waals surface area contributed by atoms with Gasteiger partial charge < -0.3 is 19.3 Å². The number of phenols is 1. The van der Waals surface area contributed by atoms with E-state index in [1.54, 1.807) is 25.1 Å². The molecule has 1 aliphatic heterocycles. The van der Waals surface area contributed by atoms with Crippen molar-refractivity contribution in [3.63, 3.8) is 0 Å². The predicted molar refractivity (Wildman–Crippen MR) is 155 cm³/mol. The third kappa shape index (κ3) is 5.15. The minimum absolute atomic E-state index is 0.104. The van der Waals surface area contributed by atoms with Crippen LogP contribution in [0.25, 0.3) is 11.8 Å². The van der Waals surface area contributed by atoms with Gasteiger partial charge in [-0.25, -0.2) is 9.79 Å². The van der Waals surface area contributed by atoms with Gasteiger partial charge >= 0.3 is 11.7 Å². The van der Waals surface area contributed by atoms with E-state index >= 15 is 0 Å². The zero-order valence-electron chi connectivity index (χ0n) is 22.8. The number of carbonyl (C=O) groups is 1. The van der Waals surface area contributed by atoms with Gasteiger partial charge in [-0.2, -0.15) is 0 Å². The molecule has 2 heterocycles. The van der Waals surface area contributed by atoms with E-state index in [4.69, 9.17) is 19.2 Å². The van der Waals surface area contributed by atoms with Crippen LogP contribution in [0.4, 0.5) is 5.69 Å². The van der Waals surface area contributed by atoms with Crippen LogP contribution in [0, 0.1) is 10.1 Å². The minimum atomic E-state index is -0.952. The SMILES string of the molecule is CCOC(=O)C1=C(c2ccccc2)N=c2s/c(=C\c3ccc(O)c([N+](=O)[O-])c3)c(=O)n2[C@@H]1c1ccc(OC)c(OC)c1. The van der Waals surface area contributed by atoms with Crippen LogP contribution in [0.3, 0.4) is 0 Å². The Kier molecular flexibility index (Phi) is 7.89. The Morgan fingerprint density at radius 1 is 1.10 bits per heavy atom. The lowest BCUT2D eigenvalue weighted by Gasteiger charge is -2.26. The summed E-state index contributed by atoms with van der Waals surface area (Å²) in [5.74, 6) is -0.260. The first kappa shape index (κ1) is 28.3. The first-order valence-electron chi connectivity index (χ1n) is 12.7. The fourth-order valence-electron chi connectivity index (χ4n) is 4.71. The monoisotopic (exact) mass is 587 g/mol. The van der Waals surface area contributed by atoms with Gasteiger partial charge in [0, 0.05) is 11.6 Å². The van der Waals surface area contributed by atoms with Gasteiger partial charge in [-0.3, -0.25) is 19.5 Å². The van der Waals surface area contributed by atoms with Gasteiger partial charge in [-0.05, 0) is 42.3 Å². The molecule has 0 fully saturated rings. The van der Waals surface area contributed by atoms with Gasteiger partial charge in [0.1, 0.15) is 0 Å². The highest BCUT2D eigenvalue weighted by Gasteiger charge is 2.35. The number of nitro groups is 1. The molecule has 214 valence electrons. The van der Waals surface area contributed by atoms with Crippen molar-refractivity contribution in [1.82, 2.24) is 4.57 Å². The van der Waals surface area contributed by atoms with Crippen molar-refractivity contribution < 1.29 is 29.0 Å². The van der Waals surface area contributed by atoms with Crippen LogP contribution >= 0.6 is 11.3 Å². The number of hydrogen-bond donors (Lipinski definition) is 1. The number of thiazole rings is 1. The fraction of sp³-hybridized carbons (Fsp3) is 0.167. The molecule has 42 heavy (non-hydrogen) atoms. The normalized spacial score (nSPS) is 14.6. The average Bonchev–Trinajstić information content (AvgIpc) is 3.31. The summed E-state index contributed by atoms with van der Waals surface area (Å²) in [7, 11) is 2.99. The van der Waals surface area contributed by atoms with Crippen LogP contribution in [0.5, 0.6) is 17.2 Å². The summed E-state index contributed by atoms with van der Waals surface area (Å²) >= 11 is 1.07. The van der Waals surface area contributed by atoms with Crippen molar-refractivity contribution in [3.05, 3.63) is 119 Å². The number of carbonyl (C=O) groups excluding carboxylic acids is 1. The fourth-order valence-corrected chi connectivity index (χ4v) is 5.71. The molecule has 0 spiro atoms. The van der Waals surface area contributed by atoms with Crippen molar-refractivity contribution in [1.29, 1.82) is 0 Å². The zero-order chi connectivity index (χ0) is 30.0. The summed E-state index contributed by atoms with van der Waals surface area (Å²) < 4.78 is 18.0. The number of rotatable bonds is 8. The van der Waals surface area contributed by atoms with E-state index in [-0.39, 0.29) is 16.7 Å². The molecular formula is C30H25N3O8S. The molecule has 0 bridgehead atoms. The minimum Gasteiger partial charge on any atom is -0.502 e. The maximum atomic E-state index is 14.0. The van der Waals surface area contributed by atoms with Gasteiger partial charge in [0.2, 0.25) is 0 Å². The number of fused-ring (bicyclic) bond motifs is 1. The number of esters is 1. The summed E-state index contributed by atoms with van der Waals surface area (Å²) in [5.41, 5.74) is 1.08. The maximum Gasteiger partial charge on any atom is 0.338 e. The molecule has 5 rings (SSSR count). The number of methoxy groups -OCH3 is 2.